The van der Waals surface area contributed by atoms with E-state index in [1.165, 1.54) is 7.05 Å². The summed E-state index contributed by atoms with van der Waals surface area (Å²) < 4.78 is 27.9. The number of nitrogens with two attached hydrogens (primary N) is 1. The molecule has 1 aromatic heterocycles. The third-order valence-electron chi connectivity index (χ3n) is 2.78. The lowest BCUT2D eigenvalue weighted by atomic mass is 10.1. The molecule has 0 saturated carbocycles. The van der Waals surface area contributed by atoms with Gasteiger partial charge < -0.3 is 10.8 Å². The van der Waals surface area contributed by atoms with Crippen molar-refractivity contribution in [3.05, 3.63) is 34.4 Å². The lowest BCUT2D eigenvalue weighted by molar-refractivity contribution is 0.182. The summed E-state index contributed by atoms with van der Waals surface area (Å²) in [6.45, 7) is -0.177. The molecule has 1 unspecified atom stereocenters. The Morgan fingerprint density at radius 1 is 1.43 bits per heavy atom. The summed E-state index contributed by atoms with van der Waals surface area (Å²) in [4.78, 5) is 0. The topological polar surface area (TPSA) is 123 Å². The summed E-state index contributed by atoms with van der Waals surface area (Å²) in [7, 11) is -2.37. The van der Waals surface area contributed by atoms with Crippen LogP contribution in [0.1, 0.15) is 11.7 Å². The molecule has 21 heavy (non-hydrogen) atoms. The van der Waals surface area contributed by atoms with Crippen LogP contribution in [0.5, 0.6) is 0 Å². The van der Waals surface area contributed by atoms with E-state index in [1.54, 1.807) is 24.3 Å². The maximum atomic E-state index is 12.2. The molecule has 1 heterocycles. The van der Waals surface area contributed by atoms with Crippen LogP contribution >= 0.6 is 15.9 Å². The number of aryl methyl sites for hydroxylation is 1. The molecule has 2 rings (SSSR count). The molecule has 0 spiro atoms. The van der Waals surface area contributed by atoms with Crippen molar-refractivity contribution in [2.75, 3.05) is 12.3 Å². The minimum Gasteiger partial charge on any atom is -0.399 e. The standard InChI is InChI=1S/C11H14BrN5O3S/c1-17-11(10(12)15-16-17)21(19,20)14-6-9(18)7-2-4-8(13)5-3-7/h2-5,9,14,18H,6,13H2,1H3. The molecule has 0 radical (unpaired) electrons. The number of nitrogens with zero attached hydrogens (tertiary/aromatic N) is 3. The van der Waals surface area contributed by atoms with Crippen LogP contribution in [-0.2, 0) is 17.1 Å². The minimum atomic E-state index is -3.83. The predicted octanol–water partition coefficient (Wildman–Crippen LogP) is 0.172. The molecule has 0 fully saturated rings. The average Bonchev–Trinajstić information content (AvgIpc) is 2.77. The molecule has 0 aliphatic carbocycles. The molecule has 1 aromatic carbocycles. The quantitative estimate of drug-likeness (QED) is 0.640. The lowest BCUT2D eigenvalue weighted by Gasteiger charge is -2.12. The molecule has 0 aliphatic rings. The molecule has 8 nitrogen and oxygen atoms in total. The number of benzene rings is 1. The van der Waals surface area contributed by atoms with Crippen LogP contribution in [0.15, 0.2) is 33.9 Å². The fourth-order valence-electron chi connectivity index (χ4n) is 1.70. The van der Waals surface area contributed by atoms with Crippen LogP contribution in [0.4, 0.5) is 5.69 Å². The normalized spacial score (nSPS) is 13.3. The second-order valence-corrected chi connectivity index (χ2v) is 6.78. The van der Waals surface area contributed by atoms with Gasteiger partial charge in [0, 0.05) is 19.3 Å². The molecular weight excluding hydrogens is 362 g/mol. The Labute approximate surface area is 130 Å². The van der Waals surface area contributed by atoms with E-state index in [9.17, 15) is 13.5 Å². The minimum absolute atomic E-state index is 0.105. The molecule has 1 atom stereocenters. The number of nitrogens with one attached hydrogen (secondary N) is 1. The number of halogens is 1. The van der Waals surface area contributed by atoms with Crippen molar-refractivity contribution in [1.82, 2.24) is 19.7 Å². The van der Waals surface area contributed by atoms with Gasteiger partial charge in [0.15, 0.2) is 4.60 Å². The van der Waals surface area contributed by atoms with Gasteiger partial charge in [-0.2, -0.15) is 0 Å². The highest BCUT2D eigenvalue weighted by Crippen LogP contribution is 2.19. The van der Waals surface area contributed by atoms with Gasteiger partial charge in [0.25, 0.3) is 10.0 Å². The van der Waals surface area contributed by atoms with Crippen LogP contribution < -0.4 is 10.5 Å². The fourth-order valence-corrected chi connectivity index (χ4v) is 3.83. The van der Waals surface area contributed by atoms with Crippen LogP contribution in [0.3, 0.4) is 0 Å². The predicted molar refractivity (Wildman–Crippen MR) is 79.7 cm³/mol. The Kier molecular flexibility index (Phi) is 4.61. The van der Waals surface area contributed by atoms with Crippen molar-refractivity contribution in [3.8, 4) is 0 Å². The maximum absolute atomic E-state index is 12.2. The summed E-state index contributed by atoms with van der Waals surface area (Å²) >= 11 is 3.02. The van der Waals surface area contributed by atoms with Gasteiger partial charge in [-0.05, 0) is 33.6 Å². The van der Waals surface area contributed by atoms with E-state index in [-0.39, 0.29) is 16.2 Å². The Balaban J connectivity index is 2.10. The van der Waals surface area contributed by atoms with E-state index >= 15 is 0 Å². The SMILES string of the molecule is Cn1nnc(Br)c1S(=O)(=O)NCC(O)c1ccc(N)cc1. The highest BCUT2D eigenvalue weighted by Gasteiger charge is 2.24. The van der Waals surface area contributed by atoms with Gasteiger partial charge in [0.05, 0.1) is 6.10 Å². The molecule has 0 bridgehead atoms. The Hall–Kier alpha value is -1.49. The number of nitrogen functional groups attached to an aromatic ring is 1. The van der Waals surface area contributed by atoms with Gasteiger partial charge in [-0.15, -0.1) is 5.10 Å². The van der Waals surface area contributed by atoms with E-state index in [1.807, 2.05) is 0 Å². The lowest BCUT2D eigenvalue weighted by Crippen LogP contribution is -2.30. The second kappa shape index (κ2) is 6.10. The van der Waals surface area contributed by atoms with E-state index in [4.69, 9.17) is 5.73 Å². The summed E-state index contributed by atoms with van der Waals surface area (Å²) in [6, 6.07) is 6.54. The van der Waals surface area contributed by atoms with Gasteiger partial charge in [-0.3, -0.25) is 0 Å². The summed E-state index contributed by atoms with van der Waals surface area (Å²) in [5, 5.41) is 17.1. The first-order chi connectivity index (χ1) is 9.81. The number of aliphatic hydroxyl groups is 1. The number of anilines is 1. The number of hydrogen-bond acceptors (Lipinski definition) is 6. The Morgan fingerprint density at radius 2 is 2.05 bits per heavy atom. The fraction of sp³-hybridized carbons (Fsp3) is 0.273. The van der Waals surface area contributed by atoms with Gasteiger partial charge in [0.2, 0.25) is 5.03 Å². The Morgan fingerprint density at radius 3 is 2.57 bits per heavy atom. The zero-order valence-corrected chi connectivity index (χ0v) is 13.5. The van der Waals surface area contributed by atoms with Crippen LogP contribution in [-0.4, -0.2) is 35.1 Å². The molecule has 2 aromatic rings. The van der Waals surface area contributed by atoms with E-state index in [0.717, 1.165) is 4.68 Å². The number of aliphatic hydroxyl groups excluding tert-OH is 1. The van der Waals surface area contributed by atoms with Crippen molar-refractivity contribution >= 4 is 31.6 Å². The third kappa shape index (κ3) is 3.59. The van der Waals surface area contributed by atoms with Crippen molar-refractivity contribution in [2.45, 2.75) is 11.1 Å². The third-order valence-corrected chi connectivity index (χ3v) is 5.09. The first-order valence-corrected chi connectivity index (χ1v) is 8.17. The molecular formula is C11H14BrN5O3S. The number of hydrogen-bond donors (Lipinski definition) is 3. The number of aromatic nitrogens is 3. The van der Waals surface area contributed by atoms with E-state index in [0.29, 0.717) is 11.3 Å². The van der Waals surface area contributed by atoms with Crippen molar-refractivity contribution in [3.63, 3.8) is 0 Å². The van der Waals surface area contributed by atoms with Gasteiger partial charge in [-0.25, -0.2) is 17.8 Å². The second-order valence-electron chi connectivity index (χ2n) is 4.34. The molecule has 0 saturated heterocycles. The smallest absolute Gasteiger partial charge is 0.260 e. The number of sulfonamides is 1. The summed E-state index contributed by atoms with van der Waals surface area (Å²) in [5.74, 6) is 0. The van der Waals surface area contributed by atoms with E-state index < -0.39 is 16.1 Å². The molecule has 4 N–H and O–H groups in total. The van der Waals surface area contributed by atoms with Crippen molar-refractivity contribution in [2.24, 2.45) is 7.05 Å². The molecule has 0 amide bonds. The van der Waals surface area contributed by atoms with Gasteiger partial charge in [0.1, 0.15) is 0 Å². The molecule has 10 heteroatoms. The zero-order valence-electron chi connectivity index (χ0n) is 11.1. The summed E-state index contributed by atoms with van der Waals surface area (Å²) in [6.07, 6.45) is -0.986. The van der Waals surface area contributed by atoms with Crippen molar-refractivity contribution in [1.29, 1.82) is 0 Å². The monoisotopic (exact) mass is 375 g/mol. The first kappa shape index (κ1) is 15.9. The van der Waals surface area contributed by atoms with E-state index in [2.05, 4.69) is 31.0 Å². The largest absolute Gasteiger partial charge is 0.399 e. The molecule has 0 aliphatic heterocycles. The van der Waals surface area contributed by atoms with Gasteiger partial charge in [-0.1, -0.05) is 17.3 Å². The highest BCUT2D eigenvalue weighted by atomic mass is 79.9. The average molecular weight is 376 g/mol. The summed E-state index contributed by atoms with van der Waals surface area (Å²) in [5.41, 5.74) is 6.68. The highest BCUT2D eigenvalue weighted by molar-refractivity contribution is 9.10. The van der Waals surface area contributed by atoms with Crippen molar-refractivity contribution < 1.29 is 13.5 Å². The van der Waals surface area contributed by atoms with Crippen LogP contribution in [0.25, 0.3) is 0 Å². The zero-order chi connectivity index (χ0) is 15.6. The molecule has 114 valence electrons. The number of rotatable bonds is 5. The van der Waals surface area contributed by atoms with Crippen LogP contribution in [0.2, 0.25) is 0 Å². The first-order valence-electron chi connectivity index (χ1n) is 5.89. The van der Waals surface area contributed by atoms with Gasteiger partial charge >= 0.3 is 0 Å². The maximum Gasteiger partial charge on any atom is 0.260 e. The van der Waals surface area contributed by atoms with Crippen LogP contribution in [0, 0.1) is 0 Å². The Bertz CT molecular complexity index is 709.